The number of nitrogens with zero attached hydrogens (tertiary/aromatic N) is 1. The summed E-state index contributed by atoms with van der Waals surface area (Å²) in [6.07, 6.45) is 0. The molecule has 2 aromatic rings. The number of amides is 1. The van der Waals surface area contributed by atoms with E-state index in [9.17, 15) is 23.3 Å². The molecule has 10 nitrogen and oxygen atoms in total. The minimum atomic E-state index is -3.84. The van der Waals surface area contributed by atoms with E-state index in [4.69, 9.17) is 10.2 Å². The van der Waals surface area contributed by atoms with Crippen LogP contribution in [0.15, 0.2) is 47.4 Å². The molecule has 0 aromatic heterocycles. The summed E-state index contributed by atoms with van der Waals surface area (Å²) in [6.45, 7) is -0.0727. The molecule has 0 unspecified atom stereocenters. The predicted octanol–water partition coefficient (Wildman–Crippen LogP) is 0.899. The fraction of sp³-hybridized carbons (Fsp3) is 0.133. The maximum atomic E-state index is 12.3. The molecule has 2 aromatic carbocycles. The van der Waals surface area contributed by atoms with Crippen LogP contribution in [0.1, 0.15) is 10.4 Å². The van der Waals surface area contributed by atoms with E-state index in [0.717, 1.165) is 6.07 Å². The Bertz CT molecular complexity index is 928. The third-order valence-corrected chi connectivity index (χ3v) is 4.25. The number of aliphatic hydroxyl groups is 1. The van der Waals surface area contributed by atoms with Crippen LogP contribution in [0.25, 0.3) is 0 Å². The molecule has 0 saturated carbocycles. The number of benzene rings is 2. The van der Waals surface area contributed by atoms with Crippen LogP contribution in [0.3, 0.4) is 0 Å². The van der Waals surface area contributed by atoms with E-state index in [-0.39, 0.29) is 35.0 Å². The molecule has 1 amide bonds. The highest BCUT2D eigenvalue weighted by atomic mass is 32.2. The first-order chi connectivity index (χ1) is 12.2. The van der Waals surface area contributed by atoms with Crippen LogP contribution in [-0.4, -0.2) is 37.5 Å². The molecule has 0 heterocycles. The first-order valence-electron chi connectivity index (χ1n) is 7.30. The van der Waals surface area contributed by atoms with Crippen molar-refractivity contribution in [3.05, 3.63) is 58.1 Å². The van der Waals surface area contributed by atoms with Gasteiger partial charge in [-0.3, -0.25) is 14.9 Å². The number of hydrogen-bond acceptors (Lipinski definition) is 7. The summed E-state index contributed by atoms with van der Waals surface area (Å²) >= 11 is 0. The Hall–Kier alpha value is -3.02. The Labute approximate surface area is 148 Å². The number of anilines is 2. The molecule has 5 N–H and O–H groups in total. The van der Waals surface area contributed by atoms with E-state index in [1.165, 1.54) is 36.4 Å². The van der Waals surface area contributed by atoms with Crippen LogP contribution in [0.4, 0.5) is 17.1 Å². The highest BCUT2D eigenvalue weighted by molar-refractivity contribution is 7.89. The van der Waals surface area contributed by atoms with Gasteiger partial charge in [-0.15, -0.1) is 0 Å². The highest BCUT2D eigenvalue weighted by Crippen LogP contribution is 2.26. The minimum absolute atomic E-state index is 0.0433. The summed E-state index contributed by atoms with van der Waals surface area (Å²) < 4.78 is 22.4. The number of carbonyl (C=O) groups excluding carboxylic acids is 1. The van der Waals surface area contributed by atoms with Crippen molar-refractivity contribution in [2.24, 2.45) is 5.14 Å². The van der Waals surface area contributed by atoms with Crippen molar-refractivity contribution in [3.63, 3.8) is 0 Å². The second-order valence-electron chi connectivity index (χ2n) is 5.16. The molecule has 11 heteroatoms. The van der Waals surface area contributed by atoms with E-state index in [0.29, 0.717) is 5.69 Å². The Kier molecular flexibility index (Phi) is 5.87. The Morgan fingerprint density at radius 3 is 2.38 bits per heavy atom. The third kappa shape index (κ3) is 4.75. The van der Waals surface area contributed by atoms with E-state index < -0.39 is 20.9 Å². The molecule has 0 aliphatic rings. The van der Waals surface area contributed by atoms with Crippen molar-refractivity contribution in [2.75, 3.05) is 23.8 Å². The van der Waals surface area contributed by atoms with Gasteiger partial charge in [-0.1, -0.05) is 0 Å². The van der Waals surface area contributed by atoms with Crippen LogP contribution >= 0.6 is 0 Å². The summed E-state index contributed by atoms with van der Waals surface area (Å²) in [5.41, 5.74) is 0.211. The monoisotopic (exact) mass is 380 g/mol. The number of nitrogens with two attached hydrogens (primary N) is 1. The lowest BCUT2D eigenvalue weighted by Crippen LogP contribution is -2.14. The molecule has 0 aliphatic carbocycles. The molecular weight excluding hydrogens is 364 g/mol. The van der Waals surface area contributed by atoms with E-state index in [1.54, 1.807) is 0 Å². The lowest BCUT2D eigenvalue weighted by Gasteiger charge is -2.09. The van der Waals surface area contributed by atoms with Crippen LogP contribution in [0.2, 0.25) is 0 Å². The molecule has 0 atom stereocenters. The molecule has 0 radical (unpaired) electrons. The number of rotatable bonds is 7. The average Bonchev–Trinajstić information content (AvgIpc) is 2.59. The van der Waals surface area contributed by atoms with Crippen molar-refractivity contribution in [1.29, 1.82) is 0 Å². The second kappa shape index (κ2) is 7.91. The summed E-state index contributed by atoms with van der Waals surface area (Å²) in [5, 5.41) is 30.1. The first-order valence-corrected chi connectivity index (χ1v) is 8.84. The zero-order valence-electron chi connectivity index (χ0n) is 13.4. The zero-order valence-corrected chi connectivity index (χ0v) is 14.2. The SMILES string of the molecule is NS(=O)(=O)c1ccc(NC(=O)c2ccc(NCCO)c([N+](=O)[O-])c2)cc1. The summed E-state index contributed by atoms with van der Waals surface area (Å²) in [4.78, 5) is 22.7. The fourth-order valence-electron chi connectivity index (χ4n) is 2.10. The van der Waals surface area contributed by atoms with E-state index >= 15 is 0 Å². The number of nitro groups is 1. The number of hydrogen-bond donors (Lipinski definition) is 4. The molecule has 0 spiro atoms. The van der Waals surface area contributed by atoms with Crippen molar-refractivity contribution < 1.29 is 23.2 Å². The van der Waals surface area contributed by atoms with Gasteiger partial charge in [0.1, 0.15) is 5.69 Å². The van der Waals surface area contributed by atoms with Crippen LogP contribution < -0.4 is 15.8 Å². The van der Waals surface area contributed by atoms with Gasteiger partial charge in [0.05, 0.1) is 16.4 Å². The molecule has 0 saturated heterocycles. The third-order valence-electron chi connectivity index (χ3n) is 3.32. The lowest BCUT2D eigenvalue weighted by atomic mass is 10.1. The number of carbonyl (C=O) groups is 1. The average molecular weight is 380 g/mol. The predicted molar refractivity (Wildman–Crippen MR) is 94.4 cm³/mol. The number of nitro benzene ring substituents is 1. The van der Waals surface area contributed by atoms with Gasteiger partial charge in [0.2, 0.25) is 10.0 Å². The van der Waals surface area contributed by atoms with Gasteiger partial charge < -0.3 is 15.7 Å². The smallest absolute Gasteiger partial charge is 0.293 e. The molecule has 2 rings (SSSR count). The van der Waals surface area contributed by atoms with Gasteiger partial charge in [0.15, 0.2) is 0 Å². The lowest BCUT2D eigenvalue weighted by molar-refractivity contribution is -0.384. The van der Waals surface area contributed by atoms with Crippen molar-refractivity contribution in [2.45, 2.75) is 4.90 Å². The molecular formula is C15H16N4O6S. The first kappa shape index (κ1) is 19.3. The highest BCUT2D eigenvalue weighted by Gasteiger charge is 2.17. The second-order valence-corrected chi connectivity index (χ2v) is 6.72. The van der Waals surface area contributed by atoms with Gasteiger partial charge in [0.25, 0.3) is 11.6 Å². The topological polar surface area (TPSA) is 165 Å². The van der Waals surface area contributed by atoms with Crippen molar-refractivity contribution in [3.8, 4) is 0 Å². The largest absolute Gasteiger partial charge is 0.395 e. The molecule has 138 valence electrons. The minimum Gasteiger partial charge on any atom is -0.395 e. The quantitative estimate of drug-likeness (QED) is 0.409. The summed E-state index contributed by atoms with van der Waals surface area (Å²) in [5.74, 6) is -0.606. The van der Waals surface area contributed by atoms with E-state index in [2.05, 4.69) is 10.6 Å². The number of sulfonamides is 1. The van der Waals surface area contributed by atoms with Gasteiger partial charge >= 0.3 is 0 Å². The van der Waals surface area contributed by atoms with Crippen LogP contribution in [0, 0.1) is 10.1 Å². The maximum Gasteiger partial charge on any atom is 0.293 e. The standard InChI is InChI=1S/C15H16N4O6S/c16-26(24,25)12-4-2-11(3-5-12)18-15(21)10-1-6-13(17-7-8-20)14(9-10)19(22)23/h1-6,9,17,20H,7-8H2,(H,18,21)(H2,16,24,25). The van der Waals surface area contributed by atoms with Crippen LogP contribution in [-0.2, 0) is 10.0 Å². The fourth-order valence-corrected chi connectivity index (χ4v) is 2.61. The van der Waals surface area contributed by atoms with Gasteiger partial charge in [-0.25, -0.2) is 13.6 Å². The van der Waals surface area contributed by atoms with Gasteiger partial charge in [-0.05, 0) is 36.4 Å². The summed E-state index contributed by atoms with van der Waals surface area (Å²) in [7, 11) is -3.84. The number of nitrogens with one attached hydrogen (secondary N) is 2. The Morgan fingerprint density at radius 2 is 1.85 bits per heavy atom. The zero-order chi connectivity index (χ0) is 19.3. The van der Waals surface area contributed by atoms with Crippen molar-refractivity contribution in [1.82, 2.24) is 0 Å². The normalized spacial score (nSPS) is 11.0. The maximum absolute atomic E-state index is 12.3. The van der Waals surface area contributed by atoms with E-state index in [1.807, 2.05) is 0 Å². The Morgan fingerprint density at radius 1 is 1.19 bits per heavy atom. The molecule has 0 fully saturated rings. The van der Waals surface area contributed by atoms with Crippen LogP contribution in [0.5, 0.6) is 0 Å². The summed E-state index contributed by atoms with van der Waals surface area (Å²) in [6, 6.07) is 9.03. The number of aliphatic hydroxyl groups excluding tert-OH is 1. The van der Waals surface area contributed by atoms with Gasteiger partial charge in [0, 0.05) is 23.9 Å². The Balaban J connectivity index is 2.21. The van der Waals surface area contributed by atoms with Gasteiger partial charge in [-0.2, -0.15) is 0 Å². The number of primary sulfonamides is 1. The molecule has 26 heavy (non-hydrogen) atoms. The molecule has 0 bridgehead atoms. The molecule has 0 aliphatic heterocycles. The van der Waals surface area contributed by atoms with Crippen molar-refractivity contribution >= 4 is 33.0 Å².